The number of ether oxygens (including phenoxy) is 2. The van der Waals surface area contributed by atoms with Crippen LogP contribution >= 0.6 is 0 Å². The molecule has 12 heteroatoms. The third kappa shape index (κ3) is 7.22. The fourth-order valence-corrected chi connectivity index (χ4v) is 3.76. The Bertz CT molecular complexity index is 1120. The van der Waals surface area contributed by atoms with Crippen LogP contribution in [0, 0.1) is 0 Å². The summed E-state index contributed by atoms with van der Waals surface area (Å²) in [5.41, 5.74) is -2.02. The lowest BCUT2D eigenvalue weighted by molar-refractivity contribution is -0.203. The van der Waals surface area contributed by atoms with E-state index in [9.17, 15) is 50.1 Å². The largest absolute Gasteiger partial charge is 0.508 e. The molecule has 2 aromatic rings. The first-order valence-corrected chi connectivity index (χ1v) is 10.8. The lowest BCUT2D eigenvalue weighted by atomic mass is 9.79. The fraction of sp³-hybridized carbons (Fsp3) is 0.240. The topological polar surface area (TPSA) is 211 Å². The maximum absolute atomic E-state index is 12.3. The van der Waals surface area contributed by atoms with Crippen molar-refractivity contribution >= 4 is 30.1 Å². The first-order chi connectivity index (χ1) is 17.3. The maximum atomic E-state index is 12.3. The van der Waals surface area contributed by atoms with Crippen LogP contribution in [0.5, 0.6) is 23.0 Å². The van der Waals surface area contributed by atoms with Crippen LogP contribution in [-0.4, -0.2) is 77.6 Å². The van der Waals surface area contributed by atoms with E-state index >= 15 is 0 Å². The summed E-state index contributed by atoms with van der Waals surface area (Å²) in [6.07, 6.45) is -2.07. The molecule has 0 saturated heterocycles. The molecule has 0 aromatic heterocycles. The highest BCUT2D eigenvalue weighted by Crippen LogP contribution is 2.33. The Morgan fingerprint density at radius 2 is 1.08 bits per heavy atom. The molecule has 7 N–H and O–H groups in total. The average molecular weight is 516 g/mol. The third-order valence-corrected chi connectivity index (χ3v) is 5.45. The van der Waals surface area contributed by atoms with Crippen molar-refractivity contribution in [2.75, 3.05) is 0 Å². The molecule has 1 saturated carbocycles. The number of carboxylic acids is 1. The number of hydrogen-bond donors (Lipinski definition) is 7. The van der Waals surface area contributed by atoms with Gasteiger partial charge in [-0.1, -0.05) is 0 Å². The van der Waals surface area contributed by atoms with Gasteiger partial charge in [-0.15, -0.1) is 0 Å². The molecule has 2 atom stereocenters. The fourth-order valence-electron chi connectivity index (χ4n) is 3.76. The number of phenolic OH excluding ortho intramolecular Hbond substituents is 4. The molecule has 196 valence electrons. The molecular weight excluding hydrogens is 492 g/mol. The van der Waals surface area contributed by atoms with Crippen molar-refractivity contribution in [3.05, 3.63) is 59.7 Å². The Kier molecular flexibility index (Phi) is 8.05. The number of benzene rings is 2. The van der Waals surface area contributed by atoms with Gasteiger partial charge in [-0.05, 0) is 47.5 Å². The predicted molar refractivity (Wildman–Crippen MR) is 125 cm³/mol. The molecule has 0 spiro atoms. The molecule has 0 amide bonds. The van der Waals surface area contributed by atoms with Crippen LogP contribution in [0.3, 0.4) is 0 Å². The number of hydrogen-bond acceptors (Lipinski definition) is 11. The van der Waals surface area contributed by atoms with Gasteiger partial charge in [-0.3, -0.25) is 0 Å². The van der Waals surface area contributed by atoms with Crippen LogP contribution in [0.2, 0.25) is 0 Å². The molecule has 1 aliphatic rings. The van der Waals surface area contributed by atoms with Gasteiger partial charge in [-0.2, -0.15) is 0 Å². The zero-order valence-electron chi connectivity index (χ0n) is 19.1. The van der Waals surface area contributed by atoms with Crippen molar-refractivity contribution in [1.29, 1.82) is 0 Å². The van der Waals surface area contributed by atoms with Gasteiger partial charge in [0.15, 0.2) is 5.60 Å². The van der Waals surface area contributed by atoms with Gasteiger partial charge in [0.1, 0.15) is 41.3 Å². The SMILES string of the molecule is O=C(/C=C/c1cc(O)cc(O)c1)OC1CC(O)(C(=O)O)CC(OC(=O)/C=C/c2cc(O)cc(O)c2)C1O. The molecule has 0 bridgehead atoms. The zero-order chi connectivity index (χ0) is 27.3. The Morgan fingerprint density at radius 3 is 1.41 bits per heavy atom. The highest BCUT2D eigenvalue weighted by molar-refractivity contribution is 5.88. The molecule has 3 rings (SSSR count). The number of aliphatic hydroxyl groups excluding tert-OH is 1. The van der Waals surface area contributed by atoms with Gasteiger partial charge in [0, 0.05) is 37.1 Å². The number of aliphatic carboxylic acids is 1. The van der Waals surface area contributed by atoms with Gasteiger partial charge in [-0.25, -0.2) is 14.4 Å². The van der Waals surface area contributed by atoms with E-state index in [1.807, 2.05) is 0 Å². The minimum Gasteiger partial charge on any atom is -0.508 e. The third-order valence-electron chi connectivity index (χ3n) is 5.45. The highest BCUT2D eigenvalue weighted by Gasteiger charge is 2.52. The summed E-state index contributed by atoms with van der Waals surface area (Å²) in [6, 6.07) is 7.11. The van der Waals surface area contributed by atoms with Crippen LogP contribution in [0.25, 0.3) is 12.2 Å². The summed E-state index contributed by atoms with van der Waals surface area (Å²) < 4.78 is 10.2. The second kappa shape index (κ2) is 11.0. The number of carbonyl (C=O) groups is 3. The van der Waals surface area contributed by atoms with Crippen molar-refractivity contribution in [2.24, 2.45) is 0 Å². The first-order valence-electron chi connectivity index (χ1n) is 10.8. The van der Waals surface area contributed by atoms with E-state index < -0.39 is 54.7 Å². The van der Waals surface area contributed by atoms with Crippen molar-refractivity contribution in [1.82, 2.24) is 0 Å². The number of aliphatic hydroxyl groups is 2. The van der Waals surface area contributed by atoms with Gasteiger partial charge >= 0.3 is 17.9 Å². The normalized spacial score (nSPS) is 23.7. The summed E-state index contributed by atoms with van der Waals surface area (Å²) in [6.45, 7) is 0. The highest BCUT2D eigenvalue weighted by atomic mass is 16.6. The predicted octanol–water partition coefficient (Wildman–Crippen LogP) is 1.03. The van der Waals surface area contributed by atoms with Crippen molar-refractivity contribution in [2.45, 2.75) is 36.8 Å². The Balaban J connectivity index is 1.72. The molecule has 37 heavy (non-hydrogen) atoms. The van der Waals surface area contributed by atoms with E-state index in [-0.39, 0.29) is 34.1 Å². The first kappa shape index (κ1) is 27.0. The molecule has 2 aromatic carbocycles. The zero-order valence-corrected chi connectivity index (χ0v) is 19.1. The quantitative estimate of drug-likeness (QED) is 0.203. The minimum atomic E-state index is -2.49. The Morgan fingerprint density at radius 1 is 0.730 bits per heavy atom. The van der Waals surface area contributed by atoms with E-state index in [1.54, 1.807) is 0 Å². The van der Waals surface area contributed by atoms with Gasteiger partial charge in [0.25, 0.3) is 0 Å². The Hall–Kier alpha value is -4.55. The van der Waals surface area contributed by atoms with Crippen LogP contribution in [0.4, 0.5) is 0 Å². The number of carbonyl (C=O) groups excluding carboxylic acids is 2. The number of aromatic hydroxyl groups is 4. The van der Waals surface area contributed by atoms with Gasteiger partial charge in [0.05, 0.1) is 0 Å². The summed E-state index contributed by atoms with van der Waals surface area (Å²) in [4.78, 5) is 36.2. The van der Waals surface area contributed by atoms with Crippen LogP contribution in [-0.2, 0) is 23.9 Å². The van der Waals surface area contributed by atoms with Crippen molar-refractivity contribution < 1.29 is 59.6 Å². The molecular formula is C25H24O12. The van der Waals surface area contributed by atoms with E-state index in [1.165, 1.54) is 36.4 Å². The molecule has 0 aliphatic heterocycles. The molecule has 1 fully saturated rings. The van der Waals surface area contributed by atoms with Crippen LogP contribution in [0.1, 0.15) is 24.0 Å². The second-order valence-electron chi connectivity index (χ2n) is 8.42. The van der Waals surface area contributed by atoms with Gasteiger partial charge < -0.3 is 45.2 Å². The van der Waals surface area contributed by atoms with Gasteiger partial charge in [0.2, 0.25) is 0 Å². The van der Waals surface area contributed by atoms with Crippen LogP contribution in [0.15, 0.2) is 48.6 Å². The summed E-state index contributed by atoms with van der Waals surface area (Å²) in [5.74, 6) is -4.82. The van der Waals surface area contributed by atoms with Crippen molar-refractivity contribution in [3.8, 4) is 23.0 Å². The monoisotopic (exact) mass is 516 g/mol. The maximum Gasteiger partial charge on any atom is 0.335 e. The van der Waals surface area contributed by atoms with E-state index in [0.717, 1.165) is 24.3 Å². The molecule has 1 aliphatic carbocycles. The number of carboxylic acid groups (broad SMARTS) is 1. The molecule has 0 radical (unpaired) electrons. The summed E-state index contributed by atoms with van der Waals surface area (Å²) >= 11 is 0. The van der Waals surface area contributed by atoms with E-state index in [2.05, 4.69) is 0 Å². The molecule has 12 nitrogen and oxygen atoms in total. The average Bonchev–Trinajstić information content (AvgIpc) is 2.78. The summed E-state index contributed by atoms with van der Waals surface area (Å²) in [5, 5.41) is 68.6. The lowest BCUT2D eigenvalue weighted by Crippen LogP contribution is -2.58. The minimum absolute atomic E-state index is 0.235. The Labute approximate surface area is 209 Å². The standard InChI is InChI=1S/C25H24O12/c26-15-5-13(6-16(27)9-15)1-3-21(30)36-19-11-25(35,24(33)34)12-20(23(19)32)37-22(31)4-2-14-7-17(28)10-18(29)8-14/h1-10,19-20,23,26-29,32,35H,11-12H2,(H,33,34)/b3-1+,4-2+. The van der Waals surface area contributed by atoms with E-state index in [4.69, 9.17) is 9.47 Å². The number of rotatable bonds is 7. The number of phenols is 4. The van der Waals surface area contributed by atoms with E-state index in [0.29, 0.717) is 0 Å². The molecule has 2 unspecified atom stereocenters. The second-order valence-corrected chi connectivity index (χ2v) is 8.42. The van der Waals surface area contributed by atoms with Crippen LogP contribution < -0.4 is 0 Å². The molecule has 0 heterocycles. The summed E-state index contributed by atoms with van der Waals surface area (Å²) in [7, 11) is 0. The van der Waals surface area contributed by atoms with Crippen molar-refractivity contribution in [3.63, 3.8) is 0 Å². The smallest absolute Gasteiger partial charge is 0.335 e. The lowest BCUT2D eigenvalue weighted by Gasteiger charge is -2.40. The number of esters is 2.